The molecular weight excluding hydrogens is 354 g/mol. The molecule has 8 nitrogen and oxygen atoms in total. The molecule has 1 saturated heterocycles. The summed E-state index contributed by atoms with van der Waals surface area (Å²) in [5.74, 6) is 0.863. The third kappa shape index (κ3) is 4.23. The maximum atomic E-state index is 12.9. The molecule has 0 spiro atoms. The van der Waals surface area contributed by atoms with Crippen LogP contribution in [0, 0.1) is 6.92 Å². The number of aromatic nitrogens is 5. The maximum absolute atomic E-state index is 12.9. The molecular formula is C20H23N7O. The number of carbonyl (C=O) groups is 1. The van der Waals surface area contributed by atoms with Crippen molar-refractivity contribution >= 4 is 5.91 Å². The van der Waals surface area contributed by atoms with E-state index in [2.05, 4.69) is 25.1 Å². The first-order valence-corrected chi connectivity index (χ1v) is 9.43. The molecule has 144 valence electrons. The summed E-state index contributed by atoms with van der Waals surface area (Å²) in [6.07, 6.45) is 8.00. The Bertz CT molecular complexity index is 907. The van der Waals surface area contributed by atoms with E-state index in [1.165, 1.54) is 0 Å². The van der Waals surface area contributed by atoms with Crippen LogP contribution >= 0.6 is 0 Å². The summed E-state index contributed by atoms with van der Waals surface area (Å²) in [5, 5.41) is 7.61. The zero-order valence-electron chi connectivity index (χ0n) is 15.9. The molecule has 28 heavy (non-hydrogen) atoms. The normalized spacial score (nSPS) is 15.4. The third-order valence-electron chi connectivity index (χ3n) is 4.95. The highest BCUT2D eigenvalue weighted by Gasteiger charge is 2.20. The zero-order valence-corrected chi connectivity index (χ0v) is 15.9. The molecule has 1 aromatic carbocycles. The van der Waals surface area contributed by atoms with Gasteiger partial charge in [-0.25, -0.2) is 9.97 Å². The van der Waals surface area contributed by atoms with Crippen molar-refractivity contribution in [3.05, 3.63) is 66.3 Å². The molecule has 1 aliphatic heterocycles. The highest BCUT2D eigenvalue weighted by molar-refractivity contribution is 5.94. The molecule has 1 aliphatic rings. The number of carbonyl (C=O) groups excluding carboxylic acids is 1. The van der Waals surface area contributed by atoms with Gasteiger partial charge in [-0.2, -0.15) is 0 Å². The average molecular weight is 377 g/mol. The highest BCUT2D eigenvalue weighted by atomic mass is 16.2. The van der Waals surface area contributed by atoms with Gasteiger partial charge in [0.2, 0.25) is 0 Å². The predicted molar refractivity (Wildman–Crippen MR) is 104 cm³/mol. The first-order valence-electron chi connectivity index (χ1n) is 9.43. The average Bonchev–Trinajstić information content (AvgIpc) is 3.16. The minimum absolute atomic E-state index is 0.0795. The van der Waals surface area contributed by atoms with E-state index in [1.54, 1.807) is 12.7 Å². The Hall–Kier alpha value is -3.13. The summed E-state index contributed by atoms with van der Waals surface area (Å²) < 4.78 is 1.81. The van der Waals surface area contributed by atoms with E-state index in [-0.39, 0.29) is 5.91 Å². The molecule has 0 saturated carbocycles. The van der Waals surface area contributed by atoms with Gasteiger partial charge >= 0.3 is 0 Å². The van der Waals surface area contributed by atoms with Crippen LogP contribution in [-0.4, -0.2) is 66.6 Å². The van der Waals surface area contributed by atoms with Crippen LogP contribution in [0.15, 0.2) is 49.3 Å². The Kier molecular flexibility index (Phi) is 5.38. The fourth-order valence-corrected chi connectivity index (χ4v) is 3.38. The van der Waals surface area contributed by atoms with Crippen LogP contribution in [0.4, 0.5) is 0 Å². The van der Waals surface area contributed by atoms with Gasteiger partial charge < -0.3 is 4.90 Å². The third-order valence-corrected chi connectivity index (χ3v) is 4.95. The van der Waals surface area contributed by atoms with Gasteiger partial charge in [0.15, 0.2) is 0 Å². The predicted octanol–water partition coefficient (Wildman–Crippen LogP) is 1.71. The number of benzene rings is 1. The molecule has 2 aromatic heterocycles. The number of aryl methyl sites for hydroxylation is 1. The molecule has 4 rings (SSSR count). The Morgan fingerprint density at radius 1 is 0.964 bits per heavy atom. The van der Waals surface area contributed by atoms with Crippen LogP contribution in [0.2, 0.25) is 0 Å². The topological polar surface area (TPSA) is 80.0 Å². The van der Waals surface area contributed by atoms with Crippen LogP contribution in [0.5, 0.6) is 0 Å². The Labute approximate surface area is 163 Å². The second-order valence-corrected chi connectivity index (χ2v) is 6.98. The van der Waals surface area contributed by atoms with E-state index >= 15 is 0 Å². The quantitative estimate of drug-likeness (QED) is 0.689. The summed E-state index contributed by atoms with van der Waals surface area (Å²) >= 11 is 0. The summed E-state index contributed by atoms with van der Waals surface area (Å²) in [6.45, 7) is 6.00. The molecule has 8 heteroatoms. The van der Waals surface area contributed by atoms with Gasteiger partial charge in [-0.1, -0.05) is 0 Å². The zero-order chi connectivity index (χ0) is 19.3. The largest absolute Gasteiger partial charge is 0.337 e. The number of nitrogens with zero attached hydrogens (tertiary/aromatic N) is 7. The van der Waals surface area contributed by atoms with Gasteiger partial charge in [0.25, 0.3) is 5.91 Å². The fourth-order valence-electron chi connectivity index (χ4n) is 3.38. The van der Waals surface area contributed by atoms with Crippen molar-refractivity contribution in [2.75, 3.05) is 26.2 Å². The van der Waals surface area contributed by atoms with Crippen molar-refractivity contribution in [3.8, 4) is 5.69 Å². The molecule has 0 unspecified atom stereocenters. The summed E-state index contributed by atoms with van der Waals surface area (Å²) in [6, 6.07) is 7.56. The number of amides is 1. The lowest BCUT2D eigenvalue weighted by Gasteiger charge is -2.22. The summed E-state index contributed by atoms with van der Waals surface area (Å²) in [5.41, 5.74) is 2.75. The Balaban J connectivity index is 1.37. The van der Waals surface area contributed by atoms with Crippen molar-refractivity contribution in [3.63, 3.8) is 0 Å². The lowest BCUT2D eigenvalue weighted by atomic mass is 10.1. The van der Waals surface area contributed by atoms with Crippen LogP contribution in [0.3, 0.4) is 0 Å². The number of rotatable bonds is 4. The smallest absolute Gasteiger partial charge is 0.253 e. The molecule has 0 atom stereocenters. The van der Waals surface area contributed by atoms with Crippen molar-refractivity contribution in [1.29, 1.82) is 0 Å². The van der Waals surface area contributed by atoms with Crippen LogP contribution in [0.1, 0.15) is 28.2 Å². The minimum Gasteiger partial charge on any atom is -0.337 e. The van der Waals surface area contributed by atoms with Gasteiger partial charge in [-0.05, 0) is 37.6 Å². The summed E-state index contributed by atoms with van der Waals surface area (Å²) in [4.78, 5) is 25.7. The van der Waals surface area contributed by atoms with E-state index in [0.717, 1.165) is 56.2 Å². The van der Waals surface area contributed by atoms with Gasteiger partial charge in [0.1, 0.15) is 18.5 Å². The fraction of sp³-hybridized carbons (Fsp3) is 0.350. The molecule has 3 heterocycles. The van der Waals surface area contributed by atoms with E-state index in [1.807, 2.05) is 53.0 Å². The highest BCUT2D eigenvalue weighted by Crippen LogP contribution is 2.14. The lowest BCUT2D eigenvalue weighted by Crippen LogP contribution is -2.35. The lowest BCUT2D eigenvalue weighted by molar-refractivity contribution is 0.0761. The van der Waals surface area contributed by atoms with Crippen LogP contribution in [-0.2, 0) is 6.54 Å². The maximum Gasteiger partial charge on any atom is 0.253 e. The minimum atomic E-state index is 0.0795. The molecule has 3 aromatic rings. The first kappa shape index (κ1) is 18.2. The molecule has 0 radical (unpaired) electrons. The van der Waals surface area contributed by atoms with Gasteiger partial charge in [0.05, 0.1) is 0 Å². The second-order valence-electron chi connectivity index (χ2n) is 6.98. The standard InChI is InChI=1S/C20H23N7O/c1-16-21-11-17(12-22-16)13-25-7-2-8-26(10-9-25)20(28)18-3-5-19(6-4-18)27-14-23-24-15-27/h3-6,11-12,14-15H,2,7-10,13H2,1H3. The van der Waals surface area contributed by atoms with Crippen molar-refractivity contribution in [2.24, 2.45) is 0 Å². The van der Waals surface area contributed by atoms with E-state index in [9.17, 15) is 4.79 Å². The SMILES string of the molecule is Cc1ncc(CN2CCCN(C(=O)c3ccc(-n4cnnc4)cc3)CC2)cn1. The molecule has 1 fully saturated rings. The van der Waals surface area contributed by atoms with Crippen LogP contribution in [0.25, 0.3) is 5.69 Å². The second kappa shape index (κ2) is 8.26. The van der Waals surface area contributed by atoms with E-state index in [0.29, 0.717) is 5.56 Å². The number of hydrogen-bond acceptors (Lipinski definition) is 6. The van der Waals surface area contributed by atoms with Gasteiger partial charge in [0, 0.05) is 61.9 Å². The molecule has 0 aliphatic carbocycles. The van der Waals surface area contributed by atoms with Crippen molar-refractivity contribution < 1.29 is 4.79 Å². The molecule has 0 bridgehead atoms. The molecule has 0 N–H and O–H groups in total. The summed E-state index contributed by atoms with van der Waals surface area (Å²) in [7, 11) is 0. The Morgan fingerprint density at radius 2 is 1.68 bits per heavy atom. The first-order chi connectivity index (χ1) is 13.7. The van der Waals surface area contributed by atoms with Crippen LogP contribution < -0.4 is 0 Å². The van der Waals surface area contributed by atoms with Crippen molar-refractivity contribution in [1.82, 2.24) is 34.5 Å². The van der Waals surface area contributed by atoms with Crippen molar-refractivity contribution in [2.45, 2.75) is 19.9 Å². The van der Waals surface area contributed by atoms with Gasteiger partial charge in [-0.15, -0.1) is 10.2 Å². The van der Waals surface area contributed by atoms with E-state index < -0.39 is 0 Å². The number of hydrogen-bond donors (Lipinski definition) is 0. The monoisotopic (exact) mass is 377 g/mol. The Morgan fingerprint density at radius 3 is 2.39 bits per heavy atom. The van der Waals surface area contributed by atoms with Gasteiger partial charge in [-0.3, -0.25) is 14.3 Å². The van der Waals surface area contributed by atoms with E-state index in [4.69, 9.17) is 0 Å². The molecule has 1 amide bonds.